The maximum absolute atomic E-state index is 11.9. The molecule has 2 aliphatic rings. The molecule has 0 bridgehead atoms. The molecule has 1 saturated carbocycles. The van der Waals surface area contributed by atoms with Gasteiger partial charge in [-0.05, 0) is 37.3 Å². The topological polar surface area (TPSA) is 49.8 Å². The van der Waals surface area contributed by atoms with E-state index in [-0.39, 0.29) is 18.0 Å². The van der Waals surface area contributed by atoms with Crippen LogP contribution in [0.5, 0.6) is 0 Å². The van der Waals surface area contributed by atoms with Crippen molar-refractivity contribution in [3.63, 3.8) is 0 Å². The molecule has 1 aromatic rings. The van der Waals surface area contributed by atoms with Crippen LogP contribution in [0.15, 0.2) is 42.3 Å². The SMILES string of the molecule is O=C1O[C@H]2CCCC[C@H]2N1/C(O)=C/Cc1ccccc1. The van der Waals surface area contributed by atoms with Crippen LogP contribution in [0, 0.1) is 0 Å². The van der Waals surface area contributed by atoms with Gasteiger partial charge in [0.1, 0.15) is 6.10 Å². The van der Waals surface area contributed by atoms with Crippen LogP contribution in [0.1, 0.15) is 31.2 Å². The van der Waals surface area contributed by atoms with Gasteiger partial charge in [0, 0.05) is 0 Å². The van der Waals surface area contributed by atoms with Crippen molar-refractivity contribution in [3.05, 3.63) is 47.9 Å². The Labute approximate surface area is 118 Å². The summed E-state index contributed by atoms with van der Waals surface area (Å²) in [6.45, 7) is 0. The van der Waals surface area contributed by atoms with Crippen molar-refractivity contribution in [2.75, 3.05) is 0 Å². The molecule has 2 atom stereocenters. The van der Waals surface area contributed by atoms with Crippen molar-refractivity contribution in [2.24, 2.45) is 0 Å². The van der Waals surface area contributed by atoms with E-state index in [0.29, 0.717) is 6.42 Å². The minimum absolute atomic E-state index is 0.00303. The van der Waals surface area contributed by atoms with E-state index in [0.717, 1.165) is 31.2 Å². The maximum Gasteiger partial charge on any atom is 0.417 e. The number of carbonyl (C=O) groups excluding carboxylic acids is 1. The van der Waals surface area contributed by atoms with E-state index in [1.165, 1.54) is 4.90 Å². The lowest BCUT2D eigenvalue weighted by Gasteiger charge is -2.27. The summed E-state index contributed by atoms with van der Waals surface area (Å²) in [6.07, 6.45) is 5.81. The summed E-state index contributed by atoms with van der Waals surface area (Å²) in [5.74, 6) is 0.0215. The van der Waals surface area contributed by atoms with Crippen LogP contribution >= 0.6 is 0 Å². The zero-order valence-corrected chi connectivity index (χ0v) is 11.4. The van der Waals surface area contributed by atoms with Gasteiger partial charge in [-0.15, -0.1) is 0 Å². The molecule has 1 N–H and O–H groups in total. The lowest BCUT2D eigenvalue weighted by Crippen LogP contribution is -2.37. The molecule has 1 saturated heterocycles. The average molecular weight is 273 g/mol. The number of aliphatic hydroxyl groups excluding tert-OH is 1. The van der Waals surface area contributed by atoms with Crippen molar-refractivity contribution < 1.29 is 14.6 Å². The number of hydrogen-bond donors (Lipinski definition) is 1. The molecular formula is C16H19NO3. The highest BCUT2D eigenvalue weighted by molar-refractivity contribution is 5.72. The lowest BCUT2D eigenvalue weighted by molar-refractivity contribution is 0.113. The molecule has 2 fully saturated rings. The van der Waals surface area contributed by atoms with Gasteiger partial charge in [0.25, 0.3) is 0 Å². The second-order valence-corrected chi connectivity index (χ2v) is 5.40. The summed E-state index contributed by atoms with van der Waals surface area (Å²) in [6, 6.07) is 9.87. The number of amides is 1. The molecule has 4 heteroatoms. The first-order valence-electron chi connectivity index (χ1n) is 7.18. The highest BCUT2D eigenvalue weighted by atomic mass is 16.6. The number of fused-ring (bicyclic) bond motifs is 1. The molecule has 4 nitrogen and oxygen atoms in total. The van der Waals surface area contributed by atoms with E-state index >= 15 is 0 Å². The van der Waals surface area contributed by atoms with Gasteiger partial charge >= 0.3 is 6.09 Å². The Morgan fingerprint density at radius 1 is 1.30 bits per heavy atom. The van der Waals surface area contributed by atoms with E-state index in [1.807, 2.05) is 30.3 Å². The van der Waals surface area contributed by atoms with E-state index in [9.17, 15) is 9.90 Å². The lowest BCUT2D eigenvalue weighted by atomic mass is 9.92. The first kappa shape index (κ1) is 13.0. The zero-order chi connectivity index (χ0) is 13.9. The fourth-order valence-corrected chi connectivity index (χ4v) is 3.02. The van der Waals surface area contributed by atoms with E-state index < -0.39 is 6.09 Å². The van der Waals surface area contributed by atoms with Gasteiger partial charge < -0.3 is 9.84 Å². The molecule has 1 aliphatic heterocycles. The third kappa shape index (κ3) is 2.50. The Hall–Kier alpha value is -1.97. The molecule has 20 heavy (non-hydrogen) atoms. The molecule has 1 aromatic carbocycles. The normalized spacial score (nSPS) is 26.3. The Morgan fingerprint density at radius 2 is 2.05 bits per heavy atom. The molecule has 106 valence electrons. The quantitative estimate of drug-likeness (QED) is 0.859. The number of rotatable bonds is 3. The van der Waals surface area contributed by atoms with Crippen LogP contribution in [-0.2, 0) is 11.2 Å². The number of hydrogen-bond acceptors (Lipinski definition) is 3. The van der Waals surface area contributed by atoms with Gasteiger partial charge in [0.2, 0.25) is 0 Å². The third-order valence-corrected chi connectivity index (χ3v) is 4.06. The summed E-state index contributed by atoms with van der Waals surface area (Å²) < 4.78 is 5.34. The van der Waals surface area contributed by atoms with E-state index in [1.54, 1.807) is 6.08 Å². The summed E-state index contributed by atoms with van der Waals surface area (Å²) in [7, 11) is 0. The fourth-order valence-electron chi connectivity index (χ4n) is 3.02. The number of carbonyl (C=O) groups is 1. The molecule has 0 aromatic heterocycles. The molecule has 0 radical (unpaired) electrons. The molecule has 1 heterocycles. The van der Waals surface area contributed by atoms with E-state index in [4.69, 9.17) is 4.74 Å². The average Bonchev–Trinajstić information content (AvgIpc) is 2.82. The summed E-state index contributed by atoms with van der Waals surface area (Å²) in [5, 5.41) is 10.2. The van der Waals surface area contributed by atoms with Crippen LogP contribution in [0.3, 0.4) is 0 Å². The van der Waals surface area contributed by atoms with E-state index in [2.05, 4.69) is 0 Å². The Balaban J connectivity index is 1.72. The molecule has 3 rings (SSSR count). The smallest absolute Gasteiger partial charge is 0.417 e. The maximum atomic E-state index is 11.9. The van der Waals surface area contributed by atoms with Crippen molar-refractivity contribution in [2.45, 2.75) is 44.2 Å². The highest BCUT2D eigenvalue weighted by Gasteiger charge is 2.44. The summed E-state index contributed by atoms with van der Waals surface area (Å²) in [4.78, 5) is 13.3. The van der Waals surface area contributed by atoms with Gasteiger partial charge in [-0.25, -0.2) is 9.69 Å². The predicted molar refractivity (Wildman–Crippen MR) is 75.2 cm³/mol. The van der Waals surface area contributed by atoms with Crippen molar-refractivity contribution in [3.8, 4) is 0 Å². The zero-order valence-electron chi connectivity index (χ0n) is 11.4. The fraction of sp³-hybridized carbons (Fsp3) is 0.438. The van der Waals surface area contributed by atoms with Gasteiger partial charge in [-0.3, -0.25) is 0 Å². The van der Waals surface area contributed by atoms with Crippen molar-refractivity contribution in [1.29, 1.82) is 0 Å². The Bertz CT molecular complexity index is 512. The Kier molecular flexibility index (Phi) is 3.63. The van der Waals surface area contributed by atoms with Crippen LogP contribution in [0.2, 0.25) is 0 Å². The second-order valence-electron chi connectivity index (χ2n) is 5.40. The summed E-state index contributed by atoms with van der Waals surface area (Å²) in [5.41, 5.74) is 1.10. The molecule has 0 unspecified atom stereocenters. The largest absolute Gasteiger partial charge is 0.495 e. The first-order chi connectivity index (χ1) is 9.75. The minimum atomic E-state index is -0.413. The van der Waals surface area contributed by atoms with Crippen LogP contribution < -0.4 is 0 Å². The van der Waals surface area contributed by atoms with Gasteiger partial charge in [-0.1, -0.05) is 36.8 Å². The highest BCUT2D eigenvalue weighted by Crippen LogP contribution is 2.33. The van der Waals surface area contributed by atoms with Crippen molar-refractivity contribution in [1.82, 2.24) is 4.90 Å². The monoisotopic (exact) mass is 273 g/mol. The number of benzene rings is 1. The third-order valence-electron chi connectivity index (χ3n) is 4.06. The number of aliphatic hydroxyl groups is 1. The second kappa shape index (κ2) is 5.57. The standard InChI is InChI=1S/C16H19NO3/c18-15(11-10-12-6-2-1-3-7-12)17-13-8-4-5-9-14(13)20-16(17)19/h1-3,6-7,11,13-14,18H,4-5,8-10H2/b15-11-/t13-,14+/m1/s1. The van der Waals surface area contributed by atoms with Gasteiger partial charge in [-0.2, -0.15) is 0 Å². The number of nitrogens with zero attached hydrogens (tertiary/aromatic N) is 1. The van der Waals surface area contributed by atoms with Crippen molar-refractivity contribution >= 4 is 6.09 Å². The molecule has 1 amide bonds. The van der Waals surface area contributed by atoms with Crippen LogP contribution in [0.25, 0.3) is 0 Å². The Morgan fingerprint density at radius 3 is 2.85 bits per heavy atom. The molecular weight excluding hydrogens is 254 g/mol. The molecule has 0 spiro atoms. The predicted octanol–water partition coefficient (Wildman–Crippen LogP) is 3.39. The van der Waals surface area contributed by atoms with Crippen LogP contribution in [0.4, 0.5) is 4.79 Å². The van der Waals surface area contributed by atoms with Gasteiger partial charge in [0.15, 0.2) is 5.88 Å². The minimum Gasteiger partial charge on any atom is -0.495 e. The summed E-state index contributed by atoms with van der Waals surface area (Å²) >= 11 is 0. The number of ether oxygens (including phenoxy) is 1. The van der Waals surface area contributed by atoms with Gasteiger partial charge in [0.05, 0.1) is 6.04 Å². The molecule has 1 aliphatic carbocycles. The first-order valence-corrected chi connectivity index (χ1v) is 7.18. The number of allylic oxidation sites excluding steroid dienone is 1. The van der Waals surface area contributed by atoms with Crippen LogP contribution in [-0.4, -0.2) is 28.2 Å².